The number of carbonyl (C=O) groups excluding carboxylic acids is 1. The maximum atomic E-state index is 13.3. The Morgan fingerprint density at radius 2 is 1.40 bits per heavy atom. The van der Waals surface area contributed by atoms with Crippen molar-refractivity contribution in [3.8, 4) is 0 Å². The highest BCUT2D eigenvalue weighted by Crippen LogP contribution is 2.28. The van der Waals surface area contributed by atoms with Crippen molar-refractivity contribution < 1.29 is 4.79 Å². The molecule has 0 fully saturated rings. The van der Waals surface area contributed by atoms with E-state index in [1.54, 1.807) is 0 Å². The molecule has 4 aromatic rings. The average Bonchev–Trinajstić information content (AvgIpc) is 2.89. The lowest BCUT2D eigenvalue weighted by Crippen LogP contribution is -2.36. The normalized spacial score (nSPS) is 11.0. The number of hydrogen-bond acceptors (Lipinski definition) is 1. The van der Waals surface area contributed by atoms with Gasteiger partial charge in [-0.1, -0.05) is 115 Å². The summed E-state index contributed by atoms with van der Waals surface area (Å²) in [6, 6.07) is 39.1. The number of urea groups is 1. The van der Waals surface area contributed by atoms with Gasteiger partial charge in [0.1, 0.15) is 0 Å². The molecule has 4 rings (SSSR count). The van der Waals surface area contributed by atoms with Crippen LogP contribution in [0.15, 0.2) is 121 Å². The van der Waals surface area contributed by atoms with Crippen molar-refractivity contribution >= 4 is 17.8 Å². The zero-order valence-corrected chi connectivity index (χ0v) is 20.2. The van der Waals surface area contributed by atoms with E-state index in [9.17, 15) is 4.79 Å². The number of aryl methyl sites for hydroxylation is 1. The fourth-order valence-electron chi connectivity index (χ4n) is 4.26. The molecule has 0 aliphatic rings. The molecule has 3 nitrogen and oxygen atoms in total. The number of benzene rings is 4. The lowest BCUT2D eigenvalue weighted by Gasteiger charge is -2.25. The van der Waals surface area contributed by atoms with E-state index in [-0.39, 0.29) is 11.9 Å². The van der Waals surface area contributed by atoms with Crippen molar-refractivity contribution in [3.63, 3.8) is 0 Å². The van der Waals surface area contributed by atoms with Crippen LogP contribution in [0.1, 0.15) is 34.6 Å². The van der Waals surface area contributed by atoms with E-state index in [1.807, 2.05) is 66.4 Å². The highest BCUT2D eigenvalue weighted by Gasteiger charge is 2.18. The van der Waals surface area contributed by atoms with Crippen molar-refractivity contribution in [3.05, 3.63) is 144 Å². The zero-order valence-electron chi connectivity index (χ0n) is 20.2. The quantitative estimate of drug-likeness (QED) is 0.272. The molecule has 0 spiro atoms. The molecule has 4 aromatic carbocycles. The molecule has 0 radical (unpaired) electrons. The molecule has 0 atom stereocenters. The van der Waals surface area contributed by atoms with E-state index >= 15 is 0 Å². The van der Waals surface area contributed by atoms with E-state index in [0.29, 0.717) is 13.1 Å². The van der Waals surface area contributed by atoms with E-state index in [1.165, 1.54) is 11.1 Å². The predicted octanol–water partition coefficient (Wildman–Crippen LogP) is 7.76. The minimum Gasteiger partial charge on any atom is -0.321 e. The van der Waals surface area contributed by atoms with E-state index in [2.05, 4.69) is 78.1 Å². The summed E-state index contributed by atoms with van der Waals surface area (Å²) in [7, 11) is 0. The second-order valence-electron chi connectivity index (χ2n) is 8.72. The zero-order chi connectivity index (χ0) is 24.3. The fraction of sp³-hybridized carbons (Fsp3) is 0.156. The first-order chi connectivity index (χ1) is 17.2. The van der Waals surface area contributed by atoms with E-state index in [4.69, 9.17) is 0 Å². The molecule has 35 heavy (non-hydrogen) atoms. The highest BCUT2D eigenvalue weighted by molar-refractivity contribution is 5.89. The molecule has 1 N–H and O–H groups in total. The Morgan fingerprint density at radius 3 is 2.00 bits per heavy atom. The fourth-order valence-corrected chi connectivity index (χ4v) is 4.26. The summed E-state index contributed by atoms with van der Waals surface area (Å²) in [4.78, 5) is 15.2. The third kappa shape index (κ3) is 7.18. The van der Waals surface area contributed by atoms with Gasteiger partial charge in [-0.2, -0.15) is 0 Å². The molecule has 0 unspecified atom stereocenters. The first-order valence-electron chi connectivity index (χ1n) is 12.1. The Balaban J connectivity index is 1.53. The molecular weight excluding hydrogens is 428 g/mol. The molecule has 2 amide bonds. The van der Waals surface area contributed by atoms with Crippen LogP contribution in [-0.2, 0) is 0 Å². The van der Waals surface area contributed by atoms with Gasteiger partial charge in [-0.25, -0.2) is 4.79 Å². The molecule has 176 valence electrons. The first kappa shape index (κ1) is 24.0. The van der Waals surface area contributed by atoms with Crippen LogP contribution in [0, 0.1) is 6.92 Å². The standard InChI is InChI=1S/C32H32N2O/c1-26-13-11-21-30(25-26)33-32(35)34(23-12-16-27-14-5-2-6-15-27)24-22-31(28-17-7-3-8-18-28)29-19-9-4-10-20-29/h2-21,25,31H,22-24H2,1H3,(H,33,35)/b16-12-. The van der Waals surface area contributed by atoms with Crippen LogP contribution < -0.4 is 5.32 Å². The van der Waals surface area contributed by atoms with Crippen molar-refractivity contribution in [2.24, 2.45) is 0 Å². The molecule has 0 bridgehead atoms. The number of anilines is 1. The van der Waals surface area contributed by atoms with Crippen LogP contribution in [0.2, 0.25) is 0 Å². The lowest BCUT2D eigenvalue weighted by molar-refractivity contribution is 0.216. The van der Waals surface area contributed by atoms with Crippen molar-refractivity contribution in [2.45, 2.75) is 19.3 Å². The highest BCUT2D eigenvalue weighted by atomic mass is 16.2. The van der Waals surface area contributed by atoms with E-state index in [0.717, 1.165) is 23.2 Å². The summed E-state index contributed by atoms with van der Waals surface area (Å²) in [5, 5.41) is 3.09. The second-order valence-corrected chi connectivity index (χ2v) is 8.72. The molecule has 0 heterocycles. The van der Waals surface area contributed by atoms with Gasteiger partial charge < -0.3 is 10.2 Å². The van der Waals surface area contributed by atoms with Gasteiger partial charge in [-0.05, 0) is 47.7 Å². The second kappa shape index (κ2) is 12.4. The smallest absolute Gasteiger partial charge is 0.321 e. The van der Waals surface area contributed by atoms with Gasteiger partial charge in [0.05, 0.1) is 0 Å². The van der Waals surface area contributed by atoms with Crippen molar-refractivity contribution in [1.82, 2.24) is 4.90 Å². The van der Waals surface area contributed by atoms with E-state index < -0.39 is 0 Å². The molecule has 0 aliphatic heterocycles. The van der Waals surface area contributed by atoms with Gasteiger partial charge in [0.25, 0.3) is 0 Å². The third-order valence-corrected chi connectivity index (χ3v) is 6.08. The average molecular weight is 461 g/mol. The largest absolute Gasteiger partial charge is 0.322 e. The molecule has 0 saturated heterocycles. The first-order valence-corrected chi connectivity index (χ1v) is 12.1. The van der Waals surface area contributed by atoms with Crippen LogP contribution >= 0.6 is 0 Å². The molecule has 0 aliphatic carbocycles. The number of carbonyl (C=O) groups is 1. The number of hydrogen-bond donors (Lipinski definition) is 1. The Hall–Kier alpha value is -4.11. The van der Waals surface area contributed by atoms with Crippen LogP contribution in [-0.4, -0.2) is 24.0 Å². The summed E-state index contributed by atoms with van der Waals surface area (Å²) in [6.07, 6.45) is 4.96. The third-order valence-electron chi connectivity index (χ3n) is 6.08. The minimum atomic E-state index is -0.0896. The van der Waals surface area contributed by atoms with Crippen LogP contribution in [0.4, 0.5) is 10.5 Å². The van der Waals surface area contributed by atoms with Gasteiger partial charge in [0, 0.05) is 24.7 Å². The topological polar surface area (TPSA) is 32.3 Å². The maximum absolute atomic E-state index is 13.3. The predicted molar refractivity (Wildman–Crippen MR) is 147 cm³/mol. The van der Waals surface area contributed by atoms with Gasteiger partial charge >= 0.3 is 6.03 Å². The summed E-state index contributed by atoms with van der Waals surface area (Å²) in [5.74, 6) is 0.213. The summed E-state index contributed by atoms with van der Waals surface area (Å²) in [5.41, 5.74) is 5.58. The summed E-state index contributed by atoms with van der Waals surface area (Å²) < 4.78 is 0. The van der Waals surface area contributed by atoms with Gasteiger partial charge in [0.2, 0.25) is 0 Å². The van der Waals surface area contributed by atoms with Gasteiger partial charge in [-0.15, -0.1) is 0 Å². The maximum Gasteiger partial charge on any atom is 0.322 e. The minimum absolute atomic E-state index is 0.0896. The van der Waals surface area contributed by atoms with Crippen LogP contribution in [0.3, 0.4) is 0 Å². The Bertz CT molecular complexity index is 1180. The van der Waals surface area contributed by atoms with Crippen LogP contribution in [0.5, 0.6) is 0 Å². The monoisotopic (exact) mass is 460 g/mol. The van der Waals surface area contributed by atoms with Gasteiger partial charge in [0.15, 0.2) is 0 Å². The number of rotatable bonds is 9. The number of nitrogens with zero attached hydrogens (tertiary/aromatic N) is 1. The molecule has 0 aromatic heterocycles. The molecule has 0 saturated carbocycles. The SMILES string of the molecule is Cc1cccc(NC(=O)N(C/C=C\c2ccccc2)CCC(c2ccccc2)c2ccccc2)c1. The summed E-state index contributed by atoms with van der Waals surface area (Å²) in [6.45, 7) is 3.19. The summed E-state index contributed by atoms with van der Waals surface area (Å²) >= 11 is 0. The van der Waals surface area contributed by atoms with Gasteiger partial charge in [-0.3, -0.25) is 0 Å². The number of amides is 2. The Morgan fingerprint density at radius 1 is 0.800 bits per heavy atom. The van der Waals surface area contributed by atoms with Crippen molar-refractivity contribution in [1.29, 1.82) is 0 Å². The van der Waals surface area contributed by atoms with Crippen molar-refractivity contribution in [2.75, 3.05) is 18.4 Å². The number of nitrogens with one attached hydrogen (secondary N) is 1. The Kier molecular flexibility index (Phi) is 8.50. The molecule has 3 heteroatoms. The lowest BCUT2D eigenvalue weighted by atomic mass is 9.88. The Labute approximate surface area is 208 Å². The molecular formula is C32H32N2O. The van der Waals surface area contributed by atoms with Crippen LogP contribution in [0.25, 0.3) is 6.08 Å².